The summed E-state index contributed by atoms with van der Waals surface area (Å²) in [6.45, 7) is 3.14. The summed E-state index contributed by atoms with van der Waals surface area (Å²) < 4.78 is 1.93. The first-order valence-corrected chi connectivity index (χ1v) is 6.94. The van der Waals surface area contributed by atoms with Gasteiger partial charge in [-0.1, -0.05) is 0 Å². The topological polar surface area (TPSA) is 58.4 Å². The molecule has 1 saturated heterocycles. The first-order chi connectivity index (χ1) is 9.56. The zero-order valence-corrected chi connectivity index (χ0v) is 11.8. The maximum atomic E-state index is 12.5. The summed E-state index contributed by atoms with van der Waals surface area (Å²) in [7, 11) is 1.94. The number of amides is 1. The molecule has 106 valence electrons. The van der Waals surface area contributed by atoms with Crippen LogP contribution in [0.5, 0.6) is 0 Å². The number of carbonyl (C=O) groups excluding carboxylic acids is 1. The van der Waals surface area contributed by atoms with Gasteiger partial charge in [-0.3, -0.25) is 4.79 Å². The van der Waals surface area contributed by atoms with Gasteiger partial charge in [0.15, 0.2) is 0 Å². The molecule has 1 aliphatic heterocycles. The fourth-order valence-electron chi connectivity index (χ4n) is 2.82. The van der Waals surface area contributed by atoms with E-state index < -0.39 is 0 Å². The van der Waals surface area contributed by atoms with Crippen LogP contribution >= 0.6 is 0 Å². The minimum absolute atomic E-state index is 0.0284. The molecule has 2 unspecified atom stereocenters. The number of benzene rings is 1. The number of aliphatic hydroxyl groups is 1. The second-order valence-electron chi connectivity index (χ2n) is 5.60. The summed E-state index contributed by atoms with van der Waals surface area (Å²) in [4.78, 5) is 18.6. The quantitative estimate of drug-likeness (QED) is 0.900. The van der Waals surface area contributed by atoms with E-state index in [9.17, 15) is 9.90 Å². The molecule has 0 spiro atoms. The number of hydrogen-bond acceptors (Lipinski definition) is 3. The van der Waals surface area contributed by atoms with Gasteiger partial charge in [-0.05, 0) is 31.5 Å². The molecule has 1 aliphatic rings. The fraction of sp³-hybridized carbons (Fsp3) is 0.467. The molecular formula is C15H19N3O2. The second-order valence-corrected chi connectivity index (χ2v) is 5.60. The van der Waals surface area contributed by atoms with Gasteiger partial charge in [0.2, 0.25) is 0 Å². The zero-order chi connectivity index (χ0) is 14.3. The molecule has 1 aromatic carbocycles. The normalized spacial score (nSPS) is 20.6. The van der Waals surface area contributed by atoms with Crippen molar-refractivity contribution in [3.05, 3.63) is 30.1 Å². The summed E-state index contributed by atoms with van der Waals surface area (Å²) in [6.07, 6.45) is 2.26. The molecule has 2 aromatic rings. The number of carbonyl (C=O) groups is 1. The molecule has 1 amide bonds. The Labute approximate surface area is 117 Å². The first kappa shape index (κ1) is 13.1. The van der Waals surface area contributed by atoms with Crippen LogP contribution in [0.15, 0.2) is 24.5 Å². The molecule has 0 aliphatic carbocycles. The van der Waals surface area contributed by atoms with Gasteiger partial charge in [0.1, 0.15) is 0 Å². The number of imidazole rings is 1. The molecule has 5 heteroatoms. The Hall–Kier alpha value is -1.88. The second kappa shape index (κ2) is 4.90. The van der Waals surface area contributed by atoms with Crippen LogP contribution in [0.2, 0.25) is 0 Å². The van der Waals surface area contributed by atoms with Gasteiger partial charge in [-0.25, -0.2) is 4.98 Å². The van der Waals surface area contributed by atoms with Crippen molar-refractivity contribution >= 4 is 16.9 Å². The van der Waals surface area contributed by atoms with Gasteiger partial charge in [-0.15, -0.1) is 0 Å². The van der Waals surface area contributed by atoms with Crippen LogP contribution in [0.3, 0.4) is 0 Å². The molecule has 1 aromatic heterocycles. The van der Waals surface area contributed by atoms with E-state index in [0.717, 1.165) is 17.5 Å². The van der Waals surface area contributed by atoms with Crippen LogP contribution in [-0.4, -0.2) is 44.7 Å². The number of nitrogens with zero attached hydrogens (tertiary/aromatic N) is 3. The lowest BCUT2D eigenvalue weighted by Crippen LogP contribution is -2.30. The summed E-state index contributed by atoms with van der Waals surface area (Å²) in [6, 6.07) is 5.62. The summed E-state index contributed by atoms with van der Waals surface area (Å²) >= 11 is 0. The number of fused-ring (bicyclic) bond motifs is 1. The van der Waals surface area contributed by atoms with Gasteiger partial charge in [0.05, 0.1) is 23.5 Å². The molecule has 2 atom stereocenters. The molecule has 1 fully saturated rings. The molecule has 0 radical (unpaired) electrons. The van der Waals surface area contributed by atoms with E-state index in [1.54, 1.807) is 13.3 Å². The molecule has 0 bridgehead atoms. The van der Waals surface area contributed by atoms with Crippen LogP contribution in [0, 0.1) is 5.92 Å². The predicted octanol–water partition coefficient (Wildman–Crippen LogP) is 1.42. The third kappa shape index (κ3) is 2.18. The molecule has 5 nitrogen and oxygen atoms in total. The molecule has 20 heavy (non-hydrogen) atoms. The molecular weight excluding hydrogens is 254 g/mol. The number of rotatable bonds is 2. The van der Waals surface area contributed by atoms with E-state index >= 15 is 0 Å². The highest BCUT2D eigenvalue weighted by Crippen LogP contribution is 2.22. The maximum Gasteiger partial charge on any atom is 0.253 e. The summed E-state index contributed by atoms with van der Waals surface area (Å²) in [5.41, 5.74) is 2.52. The highest BCUT2D eigenvalue weighted by molar-refractivity contribution is 5.97. The lowest BCUT2D eigenvalue weighted by molar-refractivity contribution is 0.0762. The van der Waals surface area contributed by atoms with E-state index in [1.165, 1.54) is 0 Å². The van der Waals surface area contributed by atoms with Crippen molar-refractivity contribution in [2.75, 3.05) is 13.1 Å². The van der Waals surface area contributed by atoms with E-state index in [1.807, 2.05) is 34.7 Å². The maximum absolute atomic E-state index is 12.5. The number of likely N-dealkylation sites (tertiary alicyclic amines) is 1. The lowest BCUT2D eigenvalue weighted by atomic mass is 10.0. The van der Waals surface area contributed by atoms with Gasteiger partial charge in [0, 0.05) is 31.6 Å². The van der Waals surface area contributed by atoms with Crippen molar-refractivity contribution in [3.63, 3.8) is 0 Å². The molecule has 0 saturated carbocycles. The smallest absolute Gasteiger partial charge is 0.253 e. The van der Waals surface area contributed by atoms with Crippen molar-refractivity contribution in [2.45, 2.75) is 19.4 Å². The van der Waals surface area contributed by atoms with Crippen molar-refractivity contribution in [2.24, 2.45) is 13.0 Å². The van der Waals surface area contributed by atoms with E-state index in [2.05, 4.69) is 4.98 Å². The van der Waals surface area contributed by atoms with E-state index in [-0.39, 0.29) is 17.9 Å². The zero-order valence-electron chi connectivity index (χ0n) is 11.8. The van der Waals surface area contributed by atoms with Crippen LogP contribution in [0.1, 0.15) is 23.7 Å². The van der Waals surface area contributed by atoms with Crippen LogP contribution in [-0.2, 0) is 7.05 Å². The first-order valence-electron chi connectivity index (χ1n) is 6.94. The minimum atomic E-state index is -0.355. The van der Waals surface area contributed by atoms with Crippen LogP contribution < -0.4 is 0 Å². The summed E-state index contributed by atoms with van der Waals surface area (Å²) in [5.74, 6) is 0.221. The number of hydrogen-bond donors (Lipinski definition) is 1. The minimum Gasteiger partial charge on any atom is -0.393 e. The van der Waals surface area contributed by atoms with Gasteiger partial charge in [0.25, 0.3) is 5.91 Å². The predicted molar refractivity (Wildman–Crippen MR) is 76.4 cm³/mol. The van der Waals surface area contributed by atoms with Gasteiger partial charge >= 0.3 is 0 Å². The van der Waals surface area contributed by atoms with Gasteiger partial charge < -0.3 is 14.6 Å². The summed E-state index contributed by atoms with van der Waals surface area (Å²) in [5, 5.41) is 9.62. The average Bonchev–Trinajstić information content (AvgIpc) is 3.05. The Kier molecular flexibility index (Phi) is 3.22. The number of aliphatic hydroxyl groups excluding tert-OH is 1. The average molecular weight is 273 g/mol. The number of aryl methyl sites for hydroxylation is 1. The SMILES string of the molecule is CC(O)C1CCN(C(=O)c2ccc3c(c2)ncn3C)C1. The van der Waals surface area contributed by atoms with E-state index in [0.29, 0.717) is 18.7 Å². The monoisotopic (exact) mass is 273 g/mol. The number of aromatic nitrogens is 2. The van der Waals surface area contributed by atoms with Crippen molar-refractivity contribution in [1.29, 1.82) is 0 Å². The van der Waals surface area contributed by atoms with Gasteiger partial charge in [-0.2, -0.15) is 0 Å². The highest BCUT2D eigenvalue weighted by atomic mass is 16.3. The lowest BCUT2D eigenvalue weighted by Gasteiger charge is -2.17. The molecule has 2 heterocycles. The fourth-order valence-corrected chi connectivity index (χ4v) is 2.82. The van der Waals surface area contributed by atoms with Crippen LogP contribution in [0.4, 0.5) is 0 Å². The third-order valence-corrected chi connectivity index (χ3v) is 4.17. The standard InChI is InChI=1S/C15H19N3O2/c1-10(19)12-5-6-18(8-12)15(20)11-3-4-14-13(7-11)16-9-17(14)2/h3-4,7,9-10,12,19H,5-6,8H2,1-2H3. The Bertz CT molecular complexity index is 648. The Morgan fingerprint density at radius 1 is 1.50 bits per heavy atom. The Morgan fingerprint density at radius 2 is 2.30 bits per heavy atom. The van der Waals surface area contributed by atoms with Crippen molar-refractivity contribution < 1.29 is 9.90 Å². The molecule has 1 N–H and O–H groups in total. The van der Waals surface area contributed by atoms with Crippen molar-refractivity contribution in [1.82, 2.24) is 14.5 Å². The Morgan fingerprint density at radius 3 is 3.00 bits per heavy atom. The van der Waals surface area contributed by atoms with E-state index in [4.69, 9.17) is 0 Å². The highest BCUT2D eigenvalue weighted by Gasteiger charge is 2.29. The molecule has 3 rings (SSSR count). The largest absolute Gasteiger partial charge is 0.393 e. The van der Waals surface area contributed by atoms with Crippen LogP contribution in [0.25, 0.3) is 11.0 Å². The van der Waals surface area contributed by atoms with Crippen molar-refractivity contribution in [3.8, 4) is 0 Å². The third-order valence-electron chi connectivity index (χ3n) is 4.17. The Balaban J connectivity index is 1.82.